The van der Waals surface area contributed by atoms with Crippen LogP contribution < -0.4 is 5.84 Å². The molecule has 2 N–H and O–H groups in total. The van der Waals surface area contributed by atoms with Crippen molar-refractivity contribution in [3.8, 4) is 11.4 Å². The average molecular weight is 351 g/mol. The van der Waals surface area contributed by atoms with Gasteiger partial charge in [-0.3, -0.25) is 0 Å². The first kappa shape index (κ1) is 15.2. The van der Waals surface area contributed by atoms with E-state index in [1.807, 2.05) is 42.5 Å². The standard InChI is InChI=1S/C15H12Cl2N4S/c16-12-7-6-11(13(17)8-12)9-22-15-20-19-14(21(15)18)10-4-2-1-3-5-10/h1-8H,9,18H2. The normalized spacial score (nSPS) is 10.8. The van der Waals surface area contributed by atoms with Crippen LogP contribution in [0, 0.1) is 0 Å². The minimum atomic E-state index is 0.618. The molecule has 0 aliphatic carbocycles. The Morgan fingerprint density at radius 3 is 2.55 bits per heavy atom. The molecule has 0 radical (unpaired) electrons. The summed E-state index contributed by atoms with van der Waals surface area (Å²) >= 11 is 13.5. The highest BCUT2D eigenvalue weighted by Crippen LogP contribution is 2.28. The SMILES string of the molecule is Nn1c(SCc2ccc(Cl)cc2Cl)nnc1-c1ccccc1. The predicted octanol–water partition coefficient (Wildman–Crippen LogP) is 4.26. The molecule has 0 aliphatic rings. The first-order valence-electron chi connectivity index (χ1n) is 6.48. The first-order valence-corrected chi connectivity index (χ1v) is 8.22. The highest BCUT2D eigenvalue weighted by atomic mass is 35.5. The number of rotatable bonds is 4. The Hall–Kier alpha value is -1.69. The van der Waals surface area contributed by atoms with Gasteiger partial charge in [0.05, 0.1) is 0 Å². The van der Waals surface area contributed by atoms with Gasteiger partial charge in [-0.05, 0) is 17.7 Å². The molecule has 0 bridgehead atoms. The van der Waals surface area contributed by atoms with Crippen molar-refractivity contribution in [3.63, 3.8) is 0 Å². The lowest BCUT2D eigenvalue weighted by molar-refractivity contribution is 0.849. The molecule has 1 heterocycles. The van der Waals surface area contributed by atoms with E-state index in [9.17, 15) is 0 Å². The Morgan fingerprint density at radius 1 is 1.05 bits per heavy atom. The van der Waals surface area contributed by atoms with Gasteiger partial charge in [-0.15, -0.1) is 10.2 Å². The van der Waals surface area contributed by atoms with E-state index in [1.165, 1.54) is 16.4 Å². The fourth-order valence-corrected chi connectivity index (χ4v) is 3.36. The maximum Gasteiger partial charge on any atom is 0.210 e. The van der Waals surface area contributed by atoms with Crippen LogP contribution in [0.1, 0.15) is 5.56 Å². The Bertz CT molecular complexity index is 789. The van der Waals surface area contributed by atoms with Gasteiger partial charge < -0.3 is 5.84 Å². The van der Waals surface area contributed by atoms with Gasteiger partial charge in [-0.1, -0.05) is 71.4 Å². The van der Waals surface area contributed by atoms with E-state index in [2.05, 4.69) is 10.2 Å². The van der Waals surface area contributed by atoms with Crippen LogP contribution in [-0.4, -0.2) is 14.9 Å². The molecular formula is C15H12Cl2N4S. The van der Waals surface area contributed by atoms with Crippen LogP contribution in [0.25, 0.3) is 11.4 Å². The van der Waals surface area contributed by atoms with Gasteiger partial charge >= 0.3 is 0 Å². The van der Waals surface area contributed by atoms with Crippen molar-refractivity contribution in [2.24, 2.45) is 0 Å². The van der Waals surface area contributed by atoms with Crippen molar-refractivity contribution in [2.75, 3.05) is 5.84 Å². The molecule has 0 spiro atoms. The second-order valence-electron chi connectivity index (χ2n) is 4.57. The Labute approximate surface area is 142 Å². The Balaban J connectivity index is 1.78. The summed E-state index contributed by atoms with van der Waals surface area (Å²) in [5, 5.41) is 10.2. The minimum Gasteiger partial charge on any atom is -0.335 e. The molecule has 0 saturated heterocycles. The fraction of sp³-hybridized carbons (Fsp3) is 0.0667. The number of halogens is 2. The van der Waals surface area contributed by atoms with Gasteiger partial charge in [0, 0.05) is 21.4 Å². The predicted molar refractivity (Wildman–Crippen MR) is 91.6 cm³/mol. The molecule has 2 aromatic carbocycles. The van der Waals surface area contributed by atoms with Crippen LogP contribution in [-0.2, 0) is 5.75 Å². The van der Waals surface area contributed by atoms with E-state index >= 15 is 0 Å². The Morgan fingerprint density at radius 2 is 1.82 bits per heavy atom. The van der Waals surface area contributed by atoms with E-state index in [-0.39, 0.29) is 0 Å². The lowest BCUT2D eigenvalue weighted by atomic mass is 10.2. The van der Waals surface area contributed by atoms with Gasteiger partial charge in [-0.25, -0.2) is 4.68 Å². The first-order chi connectivity index (χ1) is 10.6. The number of nitrogens with two attached hydrogens (primary N) is 1. The van der Waals surface area contributed by atoms with Crippen LogP contribution in [0.15, 0.2) is 53.7 Å². The molecular weight excluding hydrogens is 339 g/mol. The summed E-state index contributed by atoms with van der Waals surface area (Å²) in [5.41, 5.74) is 1.90. The fourth-order valence-electron chi connectivity index (χ4n) is 1.94. The number of aromatic nitrogens is 3. The van der Waals surface area contributed by atoms with Crippen LogP contribution in [0.3, 0.4) is 0 Å². The van der Waals surface area contributed by atoms with E-state index in [1.54, 1.807) is 6.07 Å². The number of hydrogen-bond donors (Lipinski definition) is 1. The van der Waals surface area contributed by atoms with Crippen molar-refractivity contribution in [1.82, 2.24) is 14.9 Å². The molecule has 1 aromatic heterocycles. The van der Waals surface area contributed by atoms with Crippen LogP contribution in [0.5, 0.6) is 0 Å². The molecule has 22 heavy (non-hydrogen) atoms. The van der Waals surface area contributed by atoms with Crippen molar-refractivity contribution < 1.29 is 0 Å². The summed E-state index contributed by atoms with van der Waals surface area (Å²) in [4.78, 5) is 0. The molecule has 0 saturated carbocycles. The third-order valence-electron chi connectivity index (χ3n) is 3.07. The summed E-state index contributed by atoms with van der Waals surface area (Å²) < 4.78 is 1.49. The van der Waals surface area contributed by atoms with E-state index < -0.39 is 0 Å². The number of benzene rings is 2. The number of nitrogen functional groups attached to an aromatic ring is 1. The molecule has 4 nitrogen and oxygen atoms in total. The molecule has 0 atom stereocenters. The third-order valence-corrected chi connectivity index (χ3v) is 4.65. The highest BCUT2D eigenvalue weighted by Gasteiger charge is 2.12. The monoisotopic (exact) mass is 350 g/mol. The lowest BCUT2D eigenvalue weighted by Gasteiger charge is -2.05. The third kappa shape index (κ3) is 3.21. The van der Waals surface area contributed by atoms with Crippen LogP contribution in [0.4, 0.5) is 0 Å². The van der Waals surface area contributed by atoms with E-state index in [0.717, 1.165) is 11.1 Å². The summed E-state index contributed by atoms with van der Waals surface area (Å²) in [6.45, 7) is 0. The van der Waals surface area contributed by atoms with Crippen LogP contribution in [0.2, 0.25) is 10.0 Å². The molecule has 0 amide bonds. The summed E-state index contributed by atoms with van der Waals surface area (Å²) in [5.74, 6) is 7.35. The Kier molecular flexibility index (Phi) is 4.57. The quantitative estimate of drug-likeness (QED) is 0.564. The number of hydrogen-bond acceptors (Lipinski definition) is 4. The largest absolute Gasteiger partial charge is 0.335 e. The zero-order valence-electron chi connectivity index (χ0n) is 11.4. The van der Waals surface area contributed by atoms with Gasteiger partial charge in [0.15, 0.2) is 5.82 Å². The van der Waals surface area contributed by atoms with E-state index in [0.29, 0.717) is 26.8 Å². The zero-order chi connectivity index (χ0) is 15.5. The second-order valence-corrected chi connectivity index (χ2v) is 6.35. The molecule has 112 valence electrons. The highest BCUT2D eigenvalue weighted by molar-refractivity contribution is 7.98. The zero-order valence-corrected chi connectivity index (χ0v) is 13.7. The van der Waals surface area contributed by atoms with Gasteiger partial charge in [0.1, 0.15) is 0 Å². The molecule has 0 aliphatic heterocycles. The topological polar surface area (TPSA) is 56.7 Å². The molecule has 7 heteroatoms. The smallest absolute Gasteiger partial charge is 0.210 e. The van der Waals surface area contributed by atoms with Crippen molar-refractivity contribution in [2.45, 2.75) is 10.9 Å². The summed E-state index contributed by atoms with van der Waals surface area (Å²) in [6, 6.07) is 15.1. The molecule has 3 rings (SSSR count). The van der Waals surface area contributed by atoms with Gasteiger partial charge in [-0.2, -0.15) is 0 Å². The van der Waals surface area contributed by atoms with Gasteiger partial charge in [0.2, 0.25) is 5.16 Å². The van der Waals surface area contributed by atoms with Crippen molar-refractivity contribution >= 4 is 35.0 Å². The molecule has 0 fully saturated rings. The maximum absolute atomic E-state index is 6.16. The van der Waals surface area contributed by atoms with Crippen molar-refractivity contribution in [1.29, 1.82) is 0 Å². The van der Waals surface area contributed by atoms with Crippen molar-refractivity contribution in [3.05, 3.63) is 64.1 Å². The van der Waals surface area contributed by atoms with Gasteiger partial charge in [0.25, 0.3) is 0 Å². The minimum absolute atomic E-state index is 0.618. The number of thioether (sulfide) groups is 1. The summed E-state index contributed by atoms with van der Waals surface area (Å²) in [6.07, 6.45) is 0. The maximum atomic E-state index is 6.16. The average Bonchev–Trinajstić information content (AvgIpc) is 2.88. The van der Waals surface area contributed by atoms with Crippen LogP contribution >= 0.6 is 35.0 Å². The molecule has 3 aromatic rings. The van der Waals surface area contributed by atoms with E-state index in [4.69, 9.17) is 29.0 Å². The summed E-state index contributed by atoms with van der Waals surface area (Å²) in [7, 11) is 0. The molecule has 0 unspecified atom stereocenters. The lowest BCUT2D eigenvalue weighted by Crippen LogP contribution is -2.11. The number of nitrogens with zero attached hydrogens (tertiary/aromatic N) is 3. The second kappa shape index (κ2) is 6.60.